The number of hydrogen-bond donors (Lipinski definition) is 2. The monoisotopic (exact) mass is 587 g/mol. The van der Waals surface area contributed by atoms with Crippen LogP contribution in [0.4, 0.5) is 42.1 Å². The highest BCUT2D eigenvalue weighted by Crippen LogP contribution is 2.29. The van der Waals surface area contributed by atoms with Crippen LogP contribution in [-0.2, 0) is 16.0 Å². The maximum absolute atomic E-state index is 13.4. The Bertz CT molecular complexity index is 1430. The summed E-state index contributed by atoms with van der Waals surface area (Å²) in [5, 5.41) is 16.9. The third-order valence-corrected chi connectivity index (χ3v) is 5.63. The second kappa shape index (κ2) is 13.3. The predicted octanol–water partition coefficient (Wildman–Crippen LogP) is 6.27. The van der Waals surface area contributed by atoms with Gasteiger partial charge in [0.2, 0.25) is 11.8 Å². The first-order valence-electron chi connectivity index (χ1n) is 13.0. The maximum Gasteiger partial charge on any atom is 0.393 e. The number of nitro groups is 1. The molecular formula is C28H32F3N7O4. The molecule has 11 nitrogen and oxygen atoms in total. The van der Waals surface area contributed by atoms with Crippen LogP contribution in [0, 0.1) is 10.1 Å². The molecule has 1 aromatic carbocycles. The number of hydrogen-bond acceptors (Lipinski definition) is 10. The summed E-state index contributed by atoms with van der Waals surface area (Å²) in [6.45, 7) is 9.76. The van der Waals surface area contributed by atoms with E-state index in [1.165, 1.54) is 24.4 Å². The summed E-state index contributed by atoms with van der Waals surface area (Å²) in [5.74, 6) is -0.736. The maximum atomic E-state index is 13.4. The molecule has 42 heavy (non-hydrogen) atoms. The summed E-state index contributed by atoms with van der Waals surface area (Å²) in [6.07, 6.45) is -1.93. The number of alkyl halides is 3. The number of nitrogens with one attached hydrogen (secondary N) is 2. The average Bonchev–Trinajstić information content (AvgIpc) is 2.90. The smallest absolute Gasteiger partial charge is 0.393 e. The van der Waals surface area contributed by atoms with Crippen LogP contribution < -0.4 is 15.5 Å². The van der Waals surface area contributed by atoms with Crippen LogP contribution in [0.3, 0.4) is 0 Å². The van der Waals surface area contributed by atoms with Gasteiger partial charge in [-0.3, -0.25) is 10.1 Å². The normalized spacial score (nSPS) is 12.0. The molecule has 0 saturated carbocycles. The summed E-state index contributed by atoms with van der Waals surface area (Å²) in [5.41, 5.74) is -0.535. The third kappa shape index (κ3) is 9.14. The minimum atomic E-state index is -4.54. The number of halogens is 3. The number of carbonyl (C=O) groups excluding carboxylic acids is 1. The van der Waals surface area contributed by atoms with Gasteiger partial charge >= 0.3 is 17.8 Å². The van der Waals surface area contributed by atoms with E-state index >= 15 is 0 Å². The molecule has 2 aromatic heterocycles. The number of pyridine rings is 1. The average molecular weight is 588 g/mol. The highest BCUT2D eigenvalue weighted by atomic mass is 19.4. The summed E-state index contributed by atoms with van der Waals surface area (Å²) < 4.78 is 45.7. The van der Waals surface area contributed by atoms with Crippen molar-refractivity contribution in [2.75, 3.05) is 28.6 Å². The number of anilines is 4. The molecule has 0 aliphatic rings. The van der Waals surface area contributed by atoms with Crippen molar-refractivity contribution in [1.82, 2.24) is 15.0 Å². The lowest BCUT2D eigenvalue weighted by Crippen LogP contribution is -2.28. The van der Waals surface area contributed by atoms with E-state index in [1.807, 2.05) is 13.8 Å². The first kappa shape index (κ1) is 31.8. The number of nitrogens with zero attached hydrogens (tertiary/aromatic N) is 5. The topological polar surface area (TPSA) is 135 Å². The summed E-state index contributed by atoms with van der Waals surface area (Å²) in [7, 11) is 0. The Morgan fingerprint density at radius 3 is 2.31 bits per heavy atom. The van der Waals surface area contributed by atoms with Gasteiger partial charge < -0.3 is 20.3 Å². The van der Waals surface area contributed by atoms with Crippen molar-refractivity contribution < 1.29 is 27.6 Å². The standard InChI is InChI=1S/C28H32F3N7O4/c1-6-37(7-2)26-33-17-19(16-28(29,30)31)23(36-26)35-21(25(39)42-27(3,4)5)15-18-10-12-20(13-11-18)34-24-22(38(40)41)9-8-14-32-24/h8-15,17H,6-7,16H2,1-5H3,(H,32,34)(H,33,35,36)/b21-15+. The number of benzene rings is 1. The van der Waals surface area contributed by atoms with Crippen LogP contribution in [0.25, 0.3) is 6.08 Å². The van der Waals surface area contributed by atoms with Crippen LogP contribution in [0.5, 0.6) is 0 Å². The second-order valence-electron chi connectivity index (χ2n) is 10.1. The predicted molar refractivity (Wildman–Crippen MR) is 153 cm³/mol. The van der Waals surface area contributed by atoms with E-state index in [1.54, 1.807) is 49.9 Å². The molecular weight excluding hydrogens is 555 g/mol. The molecule has 14 heteroatoms. The molecule has 0 aliphatic heterocycles. The van der Waals surface area contributed by atoms with Crippen LogP contribution in [0.2, 0.25) is 0 Å². The molecule has 0 saturated heterocycles. The van der Waals surface area contributed by atoms with Gasteiger partial charge in [-0.2, -0.15) is 18.2 Å². The summed E-state index contributed by atoms with van der Waals surface area (Å²) in [6, 6.07) is 9.20. The van der Waals surface area contributed by atoms with Gasteiger partial charge in [0.05, 0.1) is 11.3 Å². The van der Waals surface area contributed by atoms with Crippen molar-refractivity contribution in [1.29, 1.82) is 0 Å². The van der Waals surface area contributed by atoms with Gasteiger partial charge in [0, 0.05) is 42.8 Å². The van der Waals surface area contributed by atoms with E-state index in [9.17, 15) is 28.1 Å². The fraction of sp³-hybridized carbons (Fsp3) is 0.357. The van der Waals surface area contributed by atoms with E-state index in [2.05, 4.69) is 25.6 Å². The molecule has 0 fully saturated rings. The highest BCUT2D eigenvalue weighted by molar-refractivity contribution is 5.97. The summed E-state index contributed by atoms with van der Waals surface area (Å²) in [4.78, 5) is 38.1. The molecule has 0 unspecified atom stereocenters. The lowest BCUT2D eigenvalue weighted by molar-refractivity contribution is -0.384. The first-order valence-corrected chi connectivity index (χ1v) is 13.0. The molecule has 224 valence electrons. The molecule has 0 aliphatic carbocycles. The fourth-order valence-corrected chi connectivity index (χ4v) is 3.72. The van der Waals surface area contributed by atoms with Crippen molar-refractivity contribution in [3.8, 4) is 0 Å². The van der Waals surface area contributed by atoms with Crippen molar-refractivity contribution in [2.24, 2.45) is 0 Å². The molecule has 0 radical (unpaired) electrons. The van der Waals surface area contributed by atoms with Gasteiger partial charge in [-0.25, -0.2) is 14.8 Å². The van der Waals surface area contributed by atoms with Crippen molar-refractivity contribution in [2.45, 2.75) is 52.8 Å². The number of esters is 1. The molecule has 2 N–H and O–H groups in total. The second-order valence-corrected chi connectivity index (χ2v) is 10.1. The Hall–Kier alpha value is -4.75. The molecule has 0 atom stereocenters. The van der Waals surface area contributed by atoms with E-state index < -0.39 is 29.1 Å². The minimum Gasteiger partial charge on any atom is -0.455 e. The van der Waals surface area contributed by atoms with E-state index in [0.29, 0.717) is 24.3 Å². The molecule has 0 amide bonds. The third-order valence-electron chi connectivity index (χ3n) is 5.63. The number of ether oxygens (including phenoxy) is 1. The Labute approximate surface area is 241 Å². The van der Waals surface area contributed by atoms with Gasteiger partial charge in [0.15, 0.2) is 0 Å². The molecule has 0 bridgehead atoms. The van der Waals surface area contributed by atoms with Crippen molar-refractivity contribution >= 4 is 41.0 Å². The van der Waals surface area contributed by atoms with Gasteiger partial charge in [-0.05, 0) is 64.5 Å². The largest absolute Gasteiger partial charge is 0.455 e. The molecule has 3 aromatic rings. The van der Waals surface area contributed by atoms with E-state index in [0.717, 1.165) is 6.20 Å². The Morgan fingerprint density at radius 1 is 1.07 bits per heavy atom. The minimum absolute atomic E-state index is 0.0480. The molecule has 0 spiro atoms. The Balaban J connectivity index is 2.01. The zero-order valence-electron chi connectivity index (χ0n) is 23.8. The highest BCUT2D eigenvalue weighted by Gasteiger charge is 2.31. The fourth-order valence-electron chi connectivity index (χ4n) is 3.72. The zero-order chi connectivity index (χ0) is 31.1. The number of carbonyl (C=O) groups is 1. The van der Waals surface area contributed by atoms with Crippen LogP contribution in [0.15, 0.2) is 54.5 Å². The Kier molecular flexibility index (Phi) is 10.0. The van der Waals surface area contributed by atoms with Gasteiger partial charge in [-0.15, -0.1) is 0 Å². The van der Waals surface area contributed by atoms with Crippen LogP contribution in [0.1, 0.15) is 45.7 Å². The number of aromatic nitrogens is 3. The quantitative estimate of drug-likeness (QED) is 0.114. The Morgan fingerprint density at radius 2 is 1.74 bits per heavy atom. The van der Waals surface area contributed by atoms with E-state index in [-0.39, 0.29) is 34.5 Å². The van der Waals surface area contributed by atoms with Crippen LogP contribution >= 0.6 is 0 Å². The van der Waals surface area contributed by atoms with Gasteiger partial charge in [0.1, 0.15) is 17.1 Å². The SMILES string of the molecule is CCN(CC)c1ncc(CC(F)(F)F)c(N/C(=C/c2ccc(Nc3ncccc3[N+](=O)[O-])cc2)C(=O)OC(C)(C)C)n1. The zero-order valence-corrected chi connectivity index (χ0v) is 23.8. The van der Waals surface area contributed by atoms with E-state index in [4.69, 9.17) is 4.74 Å². The molecule has 3 rings (SSSR count). The summed E-state index contributed by atoms with van der Waals surface area (Å²) >= 11 is 0. The lowest BCUT2D eigenvalue weighted by atomic mass is 10.1. The number of rotatable bonds is 11. The van der Waals surface area contributed by atoms with Crippen molar-refractivity contribution in [3.05, 3.63) is 75.7 Å². The van der Waals surface area contributed by atoms with Gasteiger partial charge in [0.25, 0.3) is 0 Å². The van der Waals surface area contributed by atoms with Crippen LogP contribution in [-0.4, -0.2) is 50.7 Å². The molecule has 2 heterocycles. The first-order chi connectivity index (χ1) is 19.7. The lowest BCUT2D eigenvalue weighted by Gasteiger charge is -2.23. The van der Waals surface area contributed by atoms with Gasteiger partial charge in [-0.1, -0.05) is 12.1 Å². The van der Waals surface area contributed by atoms with Crippen molar-refractivity contribution in [3.63, 3.8) is 0 Å².